The first-order valence-corrected chi connectivity index (χ1v) is 8.37. The van der Waals surface area contributed by atoms with Gasteiger partial charge in [-0.2, -0.15) is 10.4 Å². The molecule has 0 radical (unpaired) electrons. The number of anilines is 1. The number of nitriles is 1. The molecule has 0 bridgehead atoms. The van der Waals surface area contributed by atoms with Crippen molar-refractivity contribution in [3.05, 3.63) is 53.9 Å². The number of nitrogens with zero attached hydrogens (tertiary/aromatic N) is 6. The van der Waals surface area contributed by atoms with E-state index in [4.69, 9.17) is 5.73 Å². The van der Waals surface area contributed by atoms with Crippen molar-refractivity contribution in [2.45, 2.75) is 10.6 Å². The molecule has 3 aromatic heterocycles. The van der Waals surface area contributed by atoms with Crippen LogP contribution in [0.5, 0.6) is 0 Å². The van der Waals surface area contributed by atoms with E-state index < -0.39 is 0 Å². The van der Waals surface area contributed by atoms with Gasteiger partial charge in [-0.1, -0.05) is 23.4 Å². The van der Waals surface area contributed by atoms with E-state index >= 15 is 0 Å². The van der Waals surface area contributed by atoms with Gasteiger partial charge in [-0.3, -0.25) is 0 Å². The molecule has 0 aliphatic carbocycles. The summed E-state index contributed by atoms with van der Waals surface area (Å²) in [6.07, 6.45) is 1.73. The van der Waals surface area contributed by atoms with Gasteiger partial charge < -0.3 is 5.73 Å². The molecule has 25 heavy (non-hydrogen) atoms. The van der Waals surface area contributed by atoms with Crippen molar-refractivity contribution in [3.63, 3.8) is 0 Å². The number of rotatable bonds is 4. The maximum atomic E-state index is 9.39. The average Bonchev–Trinajstić information content (AvgIpc) is 3.26. The van der Waals surface area contributed by atoms with Crippen LogP contribution < -0.4 is 5.73 Å². The molecule has 3 N–H and O–H groups in total. The Morgan fingerprint density at radius 2 is 2.12 bits per heavy atom. The van der Waals surface area contributed by atoms with Crippen molar-refractivity contribution in [1.82, 2.24) is 30.2 Å². The topological polar surface area (TPSA) is 122 Å². The van der Waals surface area contributed by atoms with E-state index in [0.29, 0.717) is 34.0 Å². The summed E-state index contributed by atoms with van der Waals surface area (Å²) in [6, 6.07) is 13.6. The third-order valence-corrected chi connectivity index (χ3v) is 4.62. The maximum absolute atomic E-state index is 9.39. The van der Waals surface area contributed by atoms with Crippen molar-refractivity contribution >= 4 is 28.7 Å². The van der Waals surface area contributed by atoms with Gasteiger partial charge in [-0.15, -0.1) is 16.9 Å². The number of pyridine rings is 1. The minimum absolute atomic E-state index is 0.386. The first kappa shape index (κ1) is 15.2. The van der Waals surface area contributed by atoms with E-state index in [0.717, 1.165) is 10.6 Å². The minimum atomic E-state index is 0.386. The number of aromatic amines is 1. The fraction of sp³-hybridized carbons (Fsp3) is 0.0625. The molecule has 0 aliphatic heterocycles. The van der Waals surface area contributed by atoms with Gasteiger partial charge in [0.05, 0.1) is 16.9 Å². The Hall–Kier alpha value is -3.38. The van der Waals surface area contributed by atoms with Crippen LogP contribution in [0.25, 0.3) is 16.9 Å². The van der Waals surface area contributed by atoms with Gasteiger partial charge in [0.2, 0.25) is 0 Å². The van der Waals surface area contributed by atoms with Crippen LogP contribution in [0.2, 0.25) is 0 Å². The summed E-state index contributed by atoms with van der Waals surface area (Å²) in [7, 11) is 0. The van der Waals surface area contributed by atoms with Gasteiger partial charge in [0, 0.05) is 16.8 Å². The molecular weight excluding hydrogens is 336 g/mol. The largest absolute Gasteiger partial charge is 0.384 e. The molecule has 0 atom stereocenters. The fourth-order valence-electron chi connectivity index (χ4n) is 2.41. The highest BCUT2D eigenvalue weighted by atomic mass is 32.2. The number of benzene rings is 1. The number of fused-ring (bicyclic) bond motifs is 1. The van der Waals surface area contributed by atoms with Gasteiger partial charge in [0.25, 0.3) is 0 Å². The molecule has 0 amide bonds. The lowest BCUT2D eigenvalue weighted by Crippen LogP contribution is -1.95. The molecule has 4 rings (SSSR count). The summed E-state index contributed by atoms with van der Waals surface area (Å²) < 4.78 is 1.71. The zero-order valence-corrected chi connectivity index (χ0v) is 13.7. The van der Waals surface area contributed by atoms with Crippen molar-refractivity contribution < 1.29 is 0 Å². The third-order valence-electron chi connectivity index (χ3n) is 3.58. The van der Waals surface area contributed by atoms with Crippen molar-refractivity contribution in [2.75, 3.05) is 5.73 Å². The Balaban J connectivity index is 1.64. The van der Waals surface area contributed by atoms with Crippen LogP contribution in [0.1, 0.15) is 11.3 Å². The van der Waals surface area contributed by atoms with Crippen LogP contribution in [0.15, 0.2) is 47.5 Å². The number of nitrogen functional groups attached to an aromatic ring is 1. The zero-order chi connectivity index (χ0) is 17.2. The number of thioether (sulfide) groups is 1. The molecule has 0 saturated carbocycles. The predicted octanol–water partition coefficient (Wildman–Crippen LogP) is 2.28. The third kappa shape index (κ3) is 2.90. The lowest BCUT2D eigenvalue weighted by atomic mass is 10.3. The van der Waals surface area contributed by atoms with E-state index in [1.54, 1.807) is 16.9 Å². The molecule has 4 aromatic rings. The van der Waals surface area contributed by atoms with Gasteiger partial charge in [0.1, 0.15) is 17.4 Å². The van der Waals surface area contributed by atoms with E-state index in [1.165, 1.54) is 11.8 Å². The van der Waals surface area contributed by atoms with Gasteiger partial charge >= 0.3 is 0 Å². The van der Waals surface area contributed by atoms with Gasteiger partial charge in [-0.05, 0) is 18.2 Å². The quantitative estimate of drug-likeness (QED) is 0.542. The highest BCUT2D eigenvalue weighted by Crippen LogP contribution is 2.29. The van der Waals surface area contributed by atoms with Crippen molar-refractivity contribution in [2.24, 2.45) is 0 Å². The molecular formula is C16H12N8S. The average molecular weight is 348 g/mol. The molecule has 0 unspecified atom stereocenters. The molecule has 0 fully saturated rings. The molecule has 1 aromatic carbocycles. The Kier molecular flexibility index (Phi) is 3.80. The smallest absolute Gasteiger partial charge is 0.179 e. The standard InChI is InChI=1S/C16H12N8S/c17-7-10-8-24(11-4-2-1-3-5-11)22-12(10)9-25-13-6-14(18)19-16-15(13)20-23-21-16/h1-6,8H,9H2,(H3,18,19,20,21,23). The highest BCUT2D eigenvalue weighted by molar-refractivity contribution is 7.98. The molecule has 3 heterocycles. The number of nitrogens with one attached hydrogen (secondary N) is 1. The van der Waals surface area contributed by atoms with Crippen molar-refractivity contribution in [1.29, 1.82) is 5.26 Å². The van der Waals surface area contributed by atoms with Crippen molar-refractivity contribution in [3.8, 4) is 11.8 Å². The summed E-state index contributed by atoms with van der Waals surface area (Å²) in [5, 5.41) is 24.4. The Labute approximate surface area is 146 Å². The number of aromatic nitrogens is 6. The van der Waals surface area contributed by atoms with Crippen LogP contribution in [0, 0.1) is 11.3 Å². The van der Waals surface area contributed by atoms with E-state index in [-0.39, 0.29) is 0 Å². The first-order valence-electron chi connectivity index (χ1n) is 7.39. The first-order chi connectivity index (χ1) is 12.2. The minimum Gasteiger partial charge on any atom is -0.384 e. The predicted molar refractivity (Wildman–Crippen MR) is 93.9 cm³/mol. The molecule has 8 nitrogen and oxygen atoms in total. The Bertz CT molecular complexity index is 1080. The SMILES string of the molecule is N#Cc1cn(-c2ccccc2)nc1CSc1cc(N)nc2[nH]nnc12. The summed E-state index contributed by atoms with van der Waals surface area (Å²) >= 11 is 1.49. The molecule has 0 aliphatic rings. The van der Waals surface area contributed by atoms with Crippen LogP contribution in [-0.2, 0) is 5.75 Å². The lowest BCUT2D eigenvalue weighted by Gasteiger charge is -2.02. The van der Waals surface area contributed by atoms with E-state index in [9.17, 15) is 5.26 Å². The summed E-state index contributed by atoms with van der Waals surface area (Å²) in [6.45, 7) is 0. The zero-order valence-electron chi connectivity index (χ0n) is 12.9. The molecule has 0 spiro atoms. The van der Waals surface area contributed by atoms with Crippen LogP contribution in [-0.4, -0.2) is 30.2 Å². The van der Waals surface area contributed by atoms with Gasteiger partial charge in [-0.25, -0.2) is 14.8 Å². The Morgan fingerprint density at radius 1 is 1.28 bits per heavy atom. The van der Waals surface area contributed by atoms with Crippen LogP contribution in [0.3, 0.4) is 0 Å². The monoisotopic (exact) mass is 348 g/mol. The number of hydrogen-bond acceptors (Lipinski definition) is 7. The van der Waals surface area contributed by atoms with Crippen LogP contribution in [0.4, 0.5) is 5.82 Å². The lowest BCUT2D eigenvalue weighted by molar-refractivity contribution is 0.859. The van der Waals surface area contributed by atoms with E-state index in [1.807, 2.05) is 30.3 Å². The second-order valence-corrected chi connectivity index (χ2v) is 6.24. The summed E-state index contributed by atoms with van der Waals surface area (Å²) in [4.78, 5) is 4.98. The number of H-pyrrole nitrogens is 1. The van der Waals surface area contributed by atoms with Crippen LogP contribution >= 0.6 is 11.8 Å². The maximum Gasteiger partial charge on any atom is 0.179 e. The summed E-state index contributed by atoms with van der Waals surface area (Å²) in [5.41, 5.74) is 9.15. The van der Waals surface area contributed by atoms with Gasteiger partial charge in [0.15, 0.2) is 5.65 Å². The highest BCUT2D eigenvalue weighted by Gasteiger charge is 2.13. The number of para-hydroxylation sites is 1. The Morgan fingerprint density at radius 3 is 2.92 bits per heavy atom. The number of nitrogens with two attached hydrogens (primary N) is 1. The second-order valence-electron chi connectivity index (χ2n) is 5.22. The molecule has 0 saturated heterocycles. The fourth-order valence-corrected chi connectivity index (χ4v) is 3.39. The number of hydrogen-bond donors (Lipinski definition) is 2. The second kappa shape index (κ2) is 6.26. The molecule has 9 heteroatoms. The summed E-state index contributed by atoms with van der Waals surface area (Å²) in [5.74, 6) is 0.894. The normalized spacial score (nSPS) is 10.8. The molecule has 122 valence electrons. The van der Waals surface area contributed by atoms with E-state index in [2.05, 4.69) is 31.6 Å².